The van der Waals surface area contributed by atoms with Gasteiger partial charge in [-0.2, -0.15) is 0 Å². The van der Waals surface area contributed by atoms with Crippen LogP contribution in [0, 0.1) is 5.41 Å². The summed E-state index contributed by atoms with van der Waals surface area (Å²) >= 11 is 0. The van der Waals surface area contributed by atoms with Crippen molar-refractivity contribution in [3.05, 3.63) is 0 Å². The number of hydrogen-bond donors (Lipinski definition) is 1. The van der Waals surface area contributed by atoms with Crippen LogP contribution in [0.1, 0.15) is 34.6 Å². The van der Waals surface area contributed by atoms with E-state index in [-0.39, 0.29) is 12.3 Å². The van der Waals surface area contributed by atoms with Gasteiger partial charge in [0.05, 0.1) is 6.54 Å². The summed E-state index contributed by atoms with van der Waals surface area (Å²) < 4.78 is 21.3. The molecule has 0 aliphatic carbocycles. The van der Waals surface area contributed by atoms with E-state index in [1.807, 2.05) is 0 Å². The van der Waals surface area contributed by atoms with Crippen molar-refractivity contribution in [2.45, 2.75) is 39.4 Å². The van der Waals surface area contributed by atoms with E-state index in [4.69, 9.17) is 0 Å². The van der Waals surface area contributed by atoms with Crippen LogP contribution in [0.15, 0.2) is 0 Å². The molecule has 0 radical (unpaired) electrons. The lowest BCUT2D eigenvalue weighted by atomic mass is 9.91. The van der Waals surface area contributed by atoms with Crippen LogP contribution in [0.3, 0.4) is 0 Å². The van der Waals surface area contributed by atoms with E-state index in [0.717, 1.165) is 6.26 Å². The summed E-state index contributed by atoms with van der Waals surface area (Å²) in [6.45, 7) is 7.70. The Hall–Kier alpha value is -0.910. The van der Waals surface area contributed by atoms with Crippen LogP contribution < -0.4 is 5.32 Å². The molecule has 0 aliphatic heterocycles. The molecule has 0 heterocycles. The van der Waals surface area contributed by atoms with E-state index < -0.39 is 25.9 Å². The molecule has 0 aromatic rings. The molecule has 0 bridgehead atoms. The smallest absolute Gasteiger partial charge is 0.241 e. The van der Waals surface area contributed by atoms with E-state index in [2.05, 4.69) is 5.32 Å². The fourth-order valence-corrected chi connectivity index (χ4v) is 1.22. The highest BCUT2D eigenvalue weighted by molar-refractivity contribution is 7.92. The maximum Gasteiger partial charge on any atom is 0.241 e. The first-order valence-corrected chi connectivity index (χ1v) is 7.20. The highest BCUT2D eigenvalue weighted by Gasteiger charge is 2.38. The summed E-state index contributed by atoms with van der Waals surface area (Å²) in [6, 6.07) is 0. The predicted octanol–water partition coefficient (Wildman–Crippen LogP) is 0.541. The first-order chi connectivity index (χ1) is 7.30. The number of sulfone groups is 1. The normalized spacial score (nSPS) is 13.3. The molecular formula is C11H21NO4S. The van der Waals surface area contributed by atoms with Crippen LogP contribution in [0.4, 0.5) is 0 Å². The molecule has 0 saturated heterocycles. The van der Waals surface area contributed by atoms with Gasteiger partial charge in [0.1, 0.15) is 4.75 Å². The highest BCUT2D eigenvalue weighted by Crippen LogP contribution is 2.16. The summed E-state index contributed by atoms with van der Waals surface area (Å²) in [4.78, 5) is 23.3. The standard InChI is InChI=1S/C11H21NO4S/c1-10(2,3)8(13)7-12-9(14)11(4,5)17(6,15)16/h7H2,1-6H3,(H,12,14). The minimum atomic E-state index is -3.51. The van der Waals surface area contributed by atoms with Crippen molar-refractivity contribution in [3.8, 4) is 0 Å². The number of Topliss-reactive ketones (excluding diaryl/α,β-unsaturated/α-hetero) is 1. The molecule has 0 saturated carbocycles. The van der Waals surface area contributed by atoms with Crippen LogP contribution in [-0.4, -0.2) is 37.7 Å². The van der Waals surface area contributed by atoms with E-state index in [1.54, 1.807) is 20.8 Å². The Bertz CT molecular complexity index is 415. The summed E-state index contributed by atoms with van der Waals surface area (Å²) in [5, 5.41) is 2.37. The zero-order valence-electron chi connectivity index (χ0n) is 11.2. The minimum Gasteiger partial charge on any atom is -0.348 e. The second kappa shape index (κ2) is 4.76. The molecule has 6 heteroatoms. The van der Waals surface area contributed by atoms with Crippen molar-refractivity contribution >= 4 is 21.5 Å². The maximum absolute atomic E-state index is 11.7. The Morgan fingerprint density at radius 2 is 1.47 bits per heavy atom. The fraction of sp³-hybridized carbons (Fsp3) is 0.818. The molecule has 0 atom stereocenters. The largest absolute Gasteiger partial charge is 0.348 e. The Labute approximate surface area is 103 Å². The van der Waals surface area contributed by atoms with Crippen molar-refractivity contribution in [2.75, 3.05) is 12.8 Å². The molecule has 1 N–H and O–H groups in total. The molecule has 100 valence electrons. The average Bonchev–Trinajstić information content (AvgIpc) is 2.09. The van der Waals surface area contributed by atoms with Crippen LogP contribution in [-0.2, 0) is 19.4 Å². The molecule has 0 aromatic carbocycles. The third kappa shape index (κ3) is 4.11. The lowest BCUT2D eigenvalue weighted by Crippen LogP contribution is -2.49. The van der Waals surface area contributed by atoms with E-state index in [1.165, 1.54) is 13.8 Å². The summed E-state index contributed by atoms with van der Waals surface area (Å²) in [6.07, 6.45) is 0.998. The molecule has 5 nitrogen and oxygen atoms in total. The number of ketones is 1. The third-order valence-corrected chi connectivity index (χ3v) is 4.76. The van der Waals surface area contributed by atoms with Gasteiger partial charge in [0, 0.05) is 11.7 Å². The van der Waals surface area contributed by atoms with Crippen LogP contribution in [0.25, 0.3) is 0 Å². The zero-order chi connectivity index (χ0) is 14.1. The SMILES string of the molecule is CC(C)(C)C(=O)CNC(=O)C(C)(C)S(C)(=O)=O. The van der Waals surface area contributed by atoms with E-state index in [9.17, 15) is 18.0 Å². The van der Waals surface area contributed by atoms with Crippen molar-refractivity contribution in [1.82, 2.24) is 5.32 Å². The van der Waals surface area contributed by atoms with Gasteiger partial charge in [-0.25, -0.2) is 8.42 Å². The molecule has 0 unspecified atom stereocenters. The quantitative estimate of drug-likeness (QED) is 0.803. The molecule has 0 rings (SSSR count). The number of rotatable bonds is 4. The van der Waals surface area contributed by atoms with Gasteiger partial charge in [-0.05, 0) is 13.8 Å². The van der Waals surface area contributed by atoms with E-state index in [0.29, 0.717) is 0 Å². The molecule has 17 heavy (non-hydrogen) atoms. The fourth-order valence-electron chi connectivity index (χ4n) is 0.807. The number of hydrogen-bond acceptors (Lipinski definition) is 4. The minimum absolute atomic E-state index is 0.143. The lowest BCUT2D eigenvalue weighted by molar-refractivity contribution is -0.129. The predicted molar refractivity (Wildman–Crippen MR) is 66.4 cm³/mol. The van der Waals surface area contributed by atoms with Crippen LogP contribution >= 0.6 is 0 Å². The Balaban J connectivity index is 4.66. The second-order valence-electron chi connectivity index (χ2n) is 5.64. The highest BCUT2D eigenvalue weighted by atomic mass is 32.2. The average molecular weight is 263 g/mol. The van der Waals surface area contributed by atoms with Crippen molar-refractivity contribution < 1.29 is 18.0 Å². The Morgan fingerprint density at radius 1 is 1.06 bits per heavy atom. The first kappa shape index (κ1) is 16.1. The van der Waals surface area contributed by atoms with Crippen LogP contribution in [0.5, 0.6) is 0 Å². The summed E-state index contributed by atoms with van der Waals surface area (Å²) in [5.41, 5.74) is -0.553. The Kier molecular flexibility index (Phi) is 4.50. The van der Waals surface area contributed by atoms with Crippen molar-refractivity contribution in [1.29, 1.82) is 0 Å². The Morgan fingerprint density at radius 3 is 1.76 bits per heavy atom. The molecule has 0 fully saturated rings. The monoisotopic (exact) mass is 263 g/mol. The van der Waals surface area contributed by atoms with Gasteiger partial charge >= 0.3 is 0 Å². The van der Waals surface area contributed by atoms with Gasteiger partial charge in [0.25, 0.3) is 0 Å². The van der Waals surface area contributed by atoms with Gasteiger partial charge in [-0.1, -0.05) is 20.8 Å². The molecule has 0 aliphatic rings. The zero-order valence-corrected chi connectivity index (χ0v) is 12.1. The van der Waals surface area contributed by atoms with Crippen molar-refractivity contribution in [3.63, 3.8) is 0 Å². The van der Waals surface area contributed by atoms with Crippen molar-refractivity contribution in [2.24, 2.45) is 5.41 Å². The van der Waals surface area contributed by atoms with Gasteiger partial charge < -0.3 is 5.32 Å². The number of amides is 1. The summed E-state index contributed by atoms with van der Waals surface area (Å²) in [7, 11) is -3.51. The maximum atomic E-state index is 11.7. The molecular weight excluding hydrogens is 242 g/mol. The second-order valence-corrected chi connectivity index (χ2v) is 8.20. The number of carbonyl (C=O) groups excluding carboxylic acids is 2. The summed E-state index contributed by atoms with van der Waals surface area (Å²) in [5.74, 6) is -0.798. The van der Waals surface area contributed by atoms with E-state index >= 15 is 0 Å². The van der Waals surface area contributed by atoms with Gasteiger partial charge in [0.15, 0.2) is 15.6 Å². The van der Waals surface area contributed by atoms with Gasteiger partial charge in [-0.15, -0.1) is 0 Å². The van der Waals surface area contributed by atoms with Gasteiger partial charge in [-0.3, -0.25) is 9.59 Å². The van der Waals surface area contributed by atoms with Crippen LogP contribution in [0.2, 0.25) is 0 Å². The topological polar surface area (TPSA) is 80.3 Å². The third-order valence-electron chi connectivity index (χ3n) is 2.72. The first-order valence-electron chi connectivity index (χ1n) is 5.31. The number of nitrogens with one attached hydrogen (secondary N) is 1. The molecule has 0 spiro atoms. The number of carbonyl (C=O) groups is 2. The van der Waals surface area contributed by atoms with Gasteiger partial charge in [0.2, 0.25) is 5.91 Å². The lowest BCUT2D eigenvalue weighted by Gasteiger charge is -2.23. The molecule has 0 aromatic heterocycles. The molecule has 1 amide bonds.